The van der Waals surface area contributed by atoms with Crippen LogP contribution in [0.5, 0.6) is 0 Å². The van der Waals surface area contributed by atoms with Crippen molar-refractivity contribution >= 4 is 12.0 Å². The molecule has 0 atom stereocenters. The number of carbonyl (C=O) groups excluding carboxylic acids is 2. The summed E-state index contributed by atoms with van der Waals surface area (Å²) in [6, 6.07) is 5.93. The Bertz CT molecular complexity index is 968. The van der Waals surface area contributed by atoms with E-state index in [0.29, 0.717) is 31.0 Å². The molecule has 2 aliphatic heterocycles. The molecular formula is C22H29N5O3. The standard InChI is InChI=1S/C22H29N5O3/c1-14-24-19(17-6-5-7-18-16(17)8-11-23-20(18)28)27(25-14)15-9-12-26(13-10-15)21(29)30-22(2,3)4/h5-7,15H,8-13H2,1-4H3,(H,23,28). The first-order valence-corrected chi connectivity index (χ1v) is 10.5. The van der Waals surface area contributed by atoms with Crippen LogP contribution in [0.1, 0.15) is 61.4 Å². The smallest absolute Gasteiger partial charge is 0.410 e. The van der Waals surface area contributed by atoms with Crippen LogP contribution in [0.25, 0.3) is 11.4 Å². The minimum absolute atomic E-state index is 0.0356. The highest BCUT2D eigenvalue weighted by Crippen LogP contribution is 2.32. The first kappa shape index (κ1) is 20.4. The number of fused-ring (bicyclic) bond motifs is 1. The third-order valence-electron chi connectivity index (χ3n) is 5.52. The highest BCUT2D eigenvalue weighted by atomic mass is 16.6. The van der Waals surface area contributed by atoms with Gasteiger partial charge in [0.05, 0.1) is 6.04 Å². The van der Waals surface area contributed by atoms with E-state index in [-0.39, 0.29) is 18.0 Å². The van der Waals surface area contributed by atoms with Gasteiger partial charge in [0.1, 0.15) is 11.4 Å². The Morgan fingerprint density at radius 2 is 1.90 bits per heavy atom. The third-order valence-corrected chi connectivity index (χ3v) is 5.52. The van der Waals surface area contributed by atoms with E-state index in [1.165, 1.54) is 0 Å². The molecule has 0 unspecified atom stereocenters. The zero-order chi connectivity index (χ0) is 21.5. The summed E-state index contributed by atoms with van der Waals surface area (Å²) < 4.78 is 7.49. The molecule has 2 amide bonds. The molecule has 0 saturated carbocycles. The molecule has 1 saturated heterocycles. The molecule has 160 valence electrons. The summed E-state index contributed by atoms with van der Waals surface area (Å²) in [5.41, 5.74) is 2.22. The van der Waals surface area contributed by atoms with Gasteiger partial charge < -0.3 is 15.0 Å². The van der Waals surface area contributed by atoms with Crippen molar-refractivity contribution in [3.05, 3.63) is 35.2 Å². The van der Waals surface area contributed by atoms with E-state index in [0.717, 1.165) is 36.2 Å². The summed E-state index contributed by atoms with van der Waals surface area (Å²) in [5.74, 6) is 1.47. The summed E-state index contributed by atoms with van der Waals surface area (Å²) in [6.07, 6.45) is 2.08. The highest BCUT2D eigenvalue weighted by molar-refractivity contribution is 5.98. The summed E-state index contributed by atoms with van der Waals surface area (Å²) >= 11 is 0. The van der Waals surface area contributed by atoms with Gasteiger partial charge in [0.25, 0.3) is 5.91 Å². The van der Waals surface area contributed by atoms with Crippen LogP contribution in [-0.2, 0) is 11.2 Å². The summed E-state index contributed by atoms with van der Waals surface area (Å²) in [7, 11) is 0. The monoisotopic (exact) mass is 411 g/mol. The molecule has 1 aromatic heterocycles. The van der Waals surface area contributed by atoms with Gasteiger partial charge in [0, 0.05) is 30.8 Å². The first-order chi connectivity index (χ1) is 14.2. The Balaban J connectivity index is 1.57. The lowest BCUT2D eigenvalue weighted by molar-refractivity contribution is 0.0185. The van der Waals surface area contributed by atoms with Gasteiger partial charge in [-0.25, -0.2) is 14.5 Å². The molecule has 0 aliphatic carbocycles. The van der Waals surface area contributed by atoms with E-state index in [2.05, 4.69) is 10.4 Å². The van der Waals surface area contributed by atoms with Crippen LogP contribution in [0.15, 0.2) is 18.2 Å². The molecule has 0 bridgehead atoms. The number of ether oxygens (including phenoxy) is 1. The molecule has 0 spiro atoms. The van der Waals surface area contributed by atoms with Crippen molar-refractivity contribution in [2.75, 3.05) is 19.6 Å². The number of aromatic nitrogens is 3. The SMILES string of the molecule is Cc1nc(-c2cccc3c2CCNC3=O)n(C2CCN(C(=O)OC(C)(C)C)CC2)n1. The second kappa shape index (κ2) is 7.74. The number of hydrogen-bond acceptors (Lipinski definition) is 5. The van der Waals surface area contributed by atoms with Crippen molar-refractivity contribution in [1.29, 1.82) is 0 Å². The largest absolute Gasteiger partial charge is 0.444 e. The molecule has 1 N–H and O–H groups in total. The molecule has 3 heterocycles. The predicted molar refractivity (Wildman–Crippen MR) is 112 cm³/mol. The van der Waals surface area contributed by atoms with Crippen LogP contribution < -0.4 is 5.32 Å². The number of nitrogens with zero attached hydrogens (tertiary/aromatic N) is 4. The number of benzene rings is 1. The fourth-order valence-corrected chi connectivity index (χ4v) is 4.16. The number of hydrogen-bond donors (Lipinski definition) is 1. The maximum Gasteiger partial charge on any atom is 0.410 e. The quantitative estimate of drug-likeness (QED) is 0.820. The van der Waals surface area contributed by atoms with Crippen molar-refractivity contribution < 1.29 is 14.3 Å². The minimum atomic E-state index is -0.497. The van der Waals surface area contributed by atoms with Crippen molar-refractivity contribution in [3.8, 4) is 11.4 Å². The van der Waals surface area contributed by atoms with Crippen molar-refractivity contribution in [2.45, 2.75) is 58.6 Å². The van der Waals surface area contributed by atoms with Gasteiger partial charge in [0.15, 0.2) is 5.82 Å². The molecule has 2 aromatic rings. The molecular weight excluding hydrogens is 382 g/mol. The molecule has 8 heteroatoms. The topological polar surface area (TPSA) is 89.4 Å². The van der Waals surface area contributed by atoms with E-state index in [1.54, 1.807) is 4.90 Å². The van der Waals surface area contributed by atoms with Gasteiger partial charge in [0.2, 0.25) is 0 Å². The summed E-state index contributed by atoms with van der Waals surface area (Å²) in [6.45, 7) is 9.39. The van der Waals surface area contributed by atoms with Crippen LogP contribution in [0.3, 0.4) is 0 Å². The van der Waals surface area contributed by atoms with Crippen molar-refractivity contribution in [3.63, 3.8) is 0 Å². The maximum absolute atomic E-state index is 12.4. The van der Waals surface area contributed by atoms with Crippen molar-refractivity contribution in [1.82, 2.24) is 25.0 Å². The molecule has 0 radical (unpaired) electrons. The molecule has 8 nitrogen and oxygen atoms in total. The van der Waals surface area contributed by atoms with Gasteiger partial charge in [-0.2, -0.15) is 5.10 Å². The van der Waals surface area contributed by atoms with E-state index >= 15 is 0 Å². The number of likely N-dealkylation sites (tertiary alicyclic amines) is 1. The second-order valence-electron chi connectivity index (χ2n) is 8.96. The van der Waals surface area contributed by atoms with E-state index in [4.69, 9.17) is 9.72 Å². The van der Waals surface area contributed by atoms with E-state index < -0.39 is 5.60 Å². The average Bonchev–Trinajstić information content (AvgIpc) is 3.08. The van der Waals surface area contributed by atoms with Crippen LogP contribution in [0, 0.1) is 6.92 Å². The Hall–Kier alpha value is -2.90. The van der Waals surface area contributed by atoms with Crippen molar-refractivity contribution in [2.24, 2.45) is 0 Å². The fourth-order valence-electron chi connectivity index (χ4n) is 4.16. The Labute approximate surface area is 176 Å². The zero-order valence-electron chi connectivity index (χ0n) is 18.1. The lowest BCUT2D eigenvalue weighted by Crippen LogP contribution is -2.42. The lowest BCUT2D eigenvalue weighted by atomic mass is 9.94. The van der Waals surface area contributed by atoms with Gasteiger partial charge in [-0.15, -0.1) is 0 Å². The minimum Gasteiger partial charge on any atom is -0.444 e. The first-order valence-electron chi connectivity index (χ1n) is 10.5. The molecule has 2 aliphatic rings. The lowest BCUT2D eigenvalue weighted by Gasteiger charge is -2.34. The zero-order valence-corrected chi connectivity index (χ0v) is 18.1. The van der Waals surface area contributed by atoms with Gasteiger partial charge in [-0.3, -0.25) is 4.79 Å². The molecule has 1 fully saturated rings. The Kier molecular flexibility index (Phi) is 5.26. The van der Waals surface area contributed by atoms with E-state index in [1.807, 2.05) is 50.6 Å². The number of rotatable bonds is 2. The summed E-state index contributed by atoms with van der Waals surface area (Å²) in [4.78, 5) is 31.1. The van der Waals surface area contributed by atoms with Gasteiger partial charge in [-0.05, 0) is 58.6 Å². The number of carbonyl (C=O) groups is 2. The molecule has 4 rings (SSSR count). The van der Waals surface area contributed by atoms with Crippen LogP contribution in [0.4, 0.5) is 4.79 Å². The summed E-state index contributed by atoms with van der Waals surface area (Å²) in [5, 5.41) is 7.58. The molecule has 1 aromatic carbocycles. The normalized spacial score (nSPS) is 17.5. The van der Waals surface area contributed by atoms with Crippen LogP contribution in [-0.4, -0.2) is 56.9 Å². The van der Waals surface area contributed by atoms with Crippen LogP contribution in [0.2, 0.25) is 0 Å². The number of amides is 2. The second-order valence-corrected chi connectivity index (χ2v) is 8.96. The Morgan fingerprint density at radius 1 is 1.20 bits per heavy atom. The molecule has 30 heavy (non-hydrogen) atoms. The van der Waals surface area contributed by atoms with E-state index in [9.17, 15) is 9.59 Å². The average molecular weight is 412 g/mol. The highest BCUT2D eigenvalue weighted by Gasteiger charge is 2.30. The fraction of sp³-hybridized carbons (Fsp3) is 0.545. The van der Waals surface area contributed by atoms with Gasteiger partial charge >= 0.3 is 6.09 Å². The van der Waals surface area contributed by atoms with Gasteiger partial charge in [-0.1, -0.05) is 12.1 Å². The maximum atomic E-state index is 12.4. The third kappa shape index (κ3) is 4.04. The van der Waals surface area contributed by atoms with Crippen LogP contribution >= 0.6 is 0 Å². The number of piperidine rings is 1. The number of aryl methyl sites for hydroxylation is 1. The Morgan fingerprint density at radius 3 is 2.60 bits per heavy atom. The number of nitrogens with one attached hydrogen (secondary N) is 1. The predicted octanol–water partition coefficient (Wildman–Crippen LogP) is 3.11.